The maximum Gasteiger partial charge on any atom is 0.130 e. The molecule has 0 unspecified atom stereocenters. The third-order valence-electron chi connectivity index (χ3n) is 3.49. The minimum Gasteiger partial charge on any atom is -0.385 e. The van der Waals surface area contributed by atoms with E-state index in [0.717, 1.165) is 44.3 Å². The number of halogens is 2. The molecule has 1 heterocycles. The second-order valence-corrected chi connectivity index (χ2v) is 7.18. The molecule has 1 aliphatic heterocycles. The second kappa shape index (κ2) is 7.97. The lowest BCUT2D eigenvalue weighted by Crippen LogP contribution is -2.04. The SMILES string of the molecule is CN1N=C(c2ccc(Cl)cc2)SC1=CCCNc1ccc(Cl)cc1. The van der Waals surface area contributed by atoms with E-state index in [9.17, 15) is 0 Å². The molecule has 6 heteroatoms. The van der Waals surface area contributed by atoms with Crippen LogP contribution in [-0.2, 0) is 0 Å². The van der Waals surface area contributed by atoms with E-state index in [1.807, 2.05) is 60.6 Å². The van der Waals surface area contributed by atoms with Gasteiger partial charge in [-0.2, -0.15) is 5.10 Å². The van der Waals surface area contributed by atoms with Crippen LogP contribution in [0.2, 0.25) is 10.0 Å². The fourth-order valence-corrected chi connectivity index (χ4v) is 3.48. The first-order valence-electron chi connectivity index (χ1n) is 7.57. The van der Waals surface area contributed by atoms with Crippen molar-refractivity contribution in [1.29, 1.82) is 0 Å². The molecule has 0 atom stereocenters. The number of anilines is 1. The van der Waals surface area contributed by atoms with Crippen LogP contribution < -0.4 is 5.32 Å². The van der Waals surface area contributed by atoms with Crippen LogP contribution in [-0.4, -0.2) is 23.6 Å². The fraction of sp³-hybridized carbons (Fsp3) is 0.167. The fourth-order valence-electron chi connectivity index (χ4n) is 2.23. The molecule has 1 N–H and O–H groups in total. The van der Waals surface area contributed by atoms with Crippen molar-refractivity contribution < 1.29 is 0 Å². The summed E-state index contributed by atoms with van der Waals surface area (Å²) >= 11 is 13.5. The lowest BCUT2D eigenvalue weighted by Gasteiger charge is -2.08. The molecule has 0 saturated heterocycles. The first-order chi connectivity index (χ1) is 11.6. The predicted molar refractivity (Wildman–Crippen MR) is 106 cm³/mol. The van der Waals surface area contributed by atoms with Gasteiger partial charge in [0.25, 0.3) is 0 Å². The summed E-state index contributed by atoms with van der Waals surface area (Å²) in [5.41, 5.74) is 2.15. The van der Waals surface area contributed by atoms with Gasteiger partial charge in [-0.1, -0.05) is 41.4 Å². The zero-order valence-corrected chi connectivity index (χ0v) is 15.5. The number of hydrogen-bond donors (Lipinski definition) is 1. The molecule has 0 aliphatic carbocycles. The van der Waals surface area contributed by atoms with Gasteiger partial charge in [0.15, 0.2) is 0 Å². The van der Waals surface area contributed by atoms with E-state index in [1.54, 1.807) is 11.8 Å². The highest BCUT2D eigenvalue weighted by Crippen LogP contribution is 2.32. The highest BCUT2D eigenvalue weighted by atomic mass is 35.5. The molecule has 0 bridgehead atoms. The molecule has 0 saturated carbocycles. The maximum atomic E-state index is 5.94. The van der Waals surface area contributed by atoms with Gasteiger partial charge in [0.05, 0.1) is 5.03 Å². The van der Waals surface area contributed by atoms with Gasteiger partial charge in [-0.3, -0.25) is 5.01 Å². The standard InChI is InChI=1S/C18H17Cl2N3S/c1-23-17(3-2-12-21-16-10-8-15(20)9-11-16)24-18(22-23)13-4-6-14(19)7-5-13/h3-11,21H,2,12H2,1H3. The van der Waals surface area contributed by atoms with E-state index in [1.165, 1.54) is 0 Å². The summed E-state index contributed by atoms with van der Waals surface area (Å²) in [5, 5.41) is 13.5. The summed E-state index contributed by atoms with van der Waals surface area (Å²) in [4.78, 5) is 0. The number of hydrazone groups is 1. The Labute approximate surface area is 156 Å². The van der Waals surface area contributed by atoms with Gasteiger partial charge in [0, 0.05) is 34.9 Å². The van der Waals surface area contributed by atoms with Crippen molar-refractivity contribution in [2.75, 3.05) is 18.9 Å². The van der Waals surface area contributed by atoms with Crippen molar-refractivity contribution in [3.63, 3.8) is 0 Å². The zero-order chi connectivity index (χ0) is 16.9. The van der Waals surface area contributed by atoms with Gasteiger partial charge in [-0.15, -0.1) is 0 Å². The molecule has 2 aromatic rings. The molecular formula is C18H17Cl2N3S. The van der Waals surface area contributed by atoms with E-state index in [0.29, 0.717) is 0 Å². The molecule has 2 aromatic carbocycles. The summed E-state index contributed by atoms with van der Waals surface area (Å²) in [6.45, 7) is 0.857. The van der Waals surface area contributed by atoms with Gasteiger partial charge in [0.1, 0.15) is 5.04 Å². The highest BCUT2D eigenvalue weighted by molar-refractivity contribution is 8.17. The Kier molecular flexibility index (Phi) is 5.72. The van der Waals surface area contributed by atoms with Crippen molar-refractivity contribution in [1.82, 2.24) is 5.01 Å². The molecule has 3 rings (SSSR count). The second-order valence-electron chi connectivity index (χ2n) is 5.30. The van der Waals surface area contributed by atoms with Gasteiger partial charge < -0.3 is 5.32 Å². The van der Waals surface area contributed by atoms with Crippen LogP contribution >= 0.6 is 35.0 Å². The maximum absolute atomic E-state index is 5.94. The van der Waals surface area contributed by atoms with Crippen LogP contribution in [0.15, 0.2) is 64.7 Å². The van der Waals surface area contributed by atoms with Gasteiger partial charge >= 0.3 is 0 Å². The molecule has 0 amide bonds. The first kappa shape index (κ1) is 17.2. The van der Waals surface area contributed by atoms with E-state index >= 15 is 0 Å². The van der Waals surface area contributed by atoms with Gasteiger partial charge in [0.2, 0.25) is 0 Å². The van der Waals surface area contributed by atoms with Crippen molar-refractivity contribution >= 4 is 45.7 Å². The smallest absolute Gasteiger partial charge is 0.130 e. The van der Waals surface area contributed by atoms with E-state index in [4.69, 9.17) is 23.2 Å². The minimum atomic E-state index is 0.736. The lowest BCUT2D eigenvalue weighted by molar-refractivity contribution is 0.485. The molecule has 0 aromatic heterocycles. The highest BCUT2D eigenvalue weighted by Gasteiger charge is 2.19. The van der Waals surface area contributed by atoms with Gasteiger partial charge in [-0.25, -0.2) is 0 Å². The van der Waals surface area contributed by atoms with Gasteiger partial charge in [-0.05, 0) is 54.6 Å². The zero-order valence-electron chi connectivity index (χ0n) is 13.2. The van der Waals surface area contributed by atoms with Crippen LogP contribution in [0.1, 0.15) is 12.0 Å². The third-order valence-corrected chi connectivity index (χ3v) is 5.14. The van der Waals surface area contributed by atoms with E-state index in [2.05, 4.69) is 16.5 Å². The van der Waals surface area contributed by atoms with Crippen LogP contribution in [0, 0.1) is 0 Å². The minimum absolute atomic E-state index is 0.736. The molecule has 0 fully saturated rings. The van der Waals surface area contributed by atoms with E-state index < -0.39 is 0 Å². The number of thioether (sulfide) groups is 1. The summed E-state index contributed by atoms with van der Waals surface area (Å²) in [5.74, 6) is 0. The van der Waals surface area contributed by atoms with Crippen molar-refractivity contribution in [3.8, 4) is 0 Å². The summed E-state index contributed by atoms with van der Waals surface area (Å²) in [6, 6.07) is 15.5. The number of rotatable bonds is 5. The average Bonchev–Trinajstić information content (AvgIpc) is 2.95. The third kappa shape index (κ3) is 4.47. The number of nitrogens with one attached hydrogen (secondary N) is 1. The predicted octanol–water partition coefficient (Wildman–Crippen LogP) is 5.68. The molecule has 0 radical (unpaired) electrons. The number of hydrogen-bond acceptors (Lipinski definition) is 4. The topological polar surface area (TPSA) is 27.6 Å². The van der Waals surface area contributed by atoms with Crippen LogP contribution in [0.3, 0.4) is 0 Å². The largest absolute Gasteiger partial charge is 0.385 e. The Balaban J connectivity index is 1.53. The van der Waals surface area contributed by atoms with Crippen LogP contribution in [0.25, 0.3) is 0 Å². The first-order valence-corrected chi connectivity index (χ1v) is 9.15. The van der Waals surface area contributed by atoms with E-state index in [-0.39, 0.29) is 0 Å². The molecule has 1 aliphatic rings. The Bertz CT molecular complexity index is 755. The van der Waals surface area contributed by atoms with Crippen molar-refractivity contribution in [2.24, 2.45) is 5.10 Å². The normalized spacial score (nSPS) is 15.7. The quantitative estimate of drug-likeness (QED) is 0.679. The molecule has 124 valence electrons. The Morgan fingerprint density at radius 3 is 2.33 bits per heavy atom. The molecule has 0 spiro atoms. The number of benzene rings is 2. The Hall–Kier alpha value is -1.62. The summed E-state index contributed by atoms with van der Waals surface area (Å²) in [6.07, 6.45) is 3.11. The average molecular weight is 378 g/mol. The summed E-state index contributed by atoms with van der Waals surface area (Å²) in [7, 11) is 1.97. The Morgan fingerprint density at radius 2 is 1.67 bits per heavy atom. The van der Waals surface area contributed by atoms with Crippen LogP contribution in [0.5, 0.6) is 0 Å². The summed E-state index contributed by atoms with van der Waals surface area (Å²) < 4.78 is 0. The number of nitrogens with zero attached hydrogens (tertiary/aromatic N) is 2. The molecular weight excluding hydrogens is 361 g/mol. The molecule has 3 nitrogen and oxygen atoms in total. The monoisotopic (exact) mass is 377 g/mol. The lowest BCUT2D eigenvalue weighted by atomic mass is 10.2. The Morgan fingerprint density at radius 1 is 1.04 bits per heavy atom. The van der Waals surface area contributed by atoms with Crippen LogP contribution in [0.4, 0.5) is 5.69 Å². The van der Waals surface area contributed by atoms with Crippen molar-refractivity contribution in [3.05, 3.63) is 75.2 Å². The molecule has 24 heavy (non-hydrogen) atoms. The van der Waals surface area contributed by atoms with Crippen molar-refractivity contribution in [2.45, 2.75) is 6.42 Å².